The van der Waals surface area contributed by atoms with Crippen molar-refractivity contribution in [3.8, 4) is 10.4 Å². The van der Waals surface area contributed by atoms with Crippen LogP contribution >= 0.6 is 22.7 Å². The largest absolute Gasteiger partial charge is 0.416 e. The zero-order chi connectivity index (χ0) is 23.8. The first-order valence-corrected chi connectivity index (χ1v) is 11.2. The molecule has 1 aromatic carbocycles. The van der Waals surface area contributed by atoms with Crippen molar-refractivity contribution in [3.63, 3.8) is 0 Å². The van der Waals surface area contributed by atoms with Crippen LogP contribution in [0.25, 0.3) is 20.7 Å². The van der Waals surface area contributed by atoms with E-state index in [1.807, 2.05) is 22.9 Å². The fourth-order valence-corrected chi connectivity index (χ4v) is 4.88. The van der Waals surface area contributed by atoms with Crippen LogP contribution in [0, 0.1) is 0 Å². The number of benzene rings is 1. The first-order chi connectivity index (χ1) is 15.6. The van der Waals surface area contributed by atoms with E-state index in [-0.39, 0.29) is 11.4 Å². The molecule has 2 amide bonds. The van der Waals surface area contributed by atoms with Gasteiger partial charge in [0, 0.05) is 22.7 Å². The fraction of sp³-hybridized carbons (Fsp3) is 0.143. The Morgan fingerprint density at radius 1 is 1.12 bits per heavy atom. The second-order valence-electron chi connectivity index (χ2n) is 6.97. The standard InChI is InChI=1S/C21H15F3N4O3S2/c1-11(29)26-14-5-4-12(21(22,23)24)7-15(14)27-17(30)8-28-10-25-19-18(20(28)31)13(9-33-19)16-3-2-6-32-16/h2-7,9-10H,8H2,1H3,(H,26,29)(H,27,30). The number of carbonyl (C=O) groups excluding carboxylic acids is 2. The van der Waals surface area contributed by atoms with Gasteiger partial charge < -0.3 is 10.6 Å². The van der Waals surface area contributed by atoms with Crippen LogP contribution in [0.1, 0.15) is 12.5 Å². The number of rotatable bonds is 5. The Labute approximate surface area is 192 Å². The second kappa shape index (κ2) is 8.79. The van der Waals surface area contributed by atoms with Gasteiger partial charge in [0.2, 0.25) is 11.8 Å². The van der Waals surface area contributed by atoms with E-state index >= 15 is 0 Å². The number of carbonyl (C=O) groups is 2. The van der Waals surface area contributed by atoms with Gasteiger partial charge in [0.1, 0.15) is 11.4 Å². The van der Waals surface area contributed by atoms with Crippen LogP contribution in [-0.4, -0.2) is 21.4 Å². The minimum Gasteiger partial charge on any atom is -0.325 e. The highest BCUT2D eigenvalue weighted by molar-refractivity contribution is 7.18. The summed E-state index contributed by atoms with van der Waals surface area (Å²) in [6.45, 7) is 0.715. The Kier molecular flexibility index (Phi) is 6.04. The number of alkyl halides is 3. The summed E-state index contributed by atoms with van der Waals surface area (Å²) >= 11 is 2.76. The Morgan fingerprint density at radius 2 is 1.91 bits per heavy atom. The number of hydrogen-bond donors (Lipinski definition) is 2. The van der Waals surface area contributed by atoms with E-state index in [2.05, 4.69) is 15.6 Å². The molecule has 0 atom stereocenters. The van der Waals surface area contributed by atoms with Gasteiger partial charge in [0.15, 0.2) is 0 Å². The third kappa shape index (κ3) is 4.81. The summed E-state index contributed by atoms with van der Waals surface area (Å²) in [5.41, 5.74) is -0.954. The maximum Gasteiger partial charge on any atom is 0.416 e. The zero-order valence-electron chi connectivity index (χ0n) is 16.9. The van der Waals surface area contributed by atoms with Gasteiger partial charge in [-0.3, -0.25) is 19.0 Å². The predicted molar refractivity (Wildman–Crippen MR) is 122 cm³/mol. The van der Waals surface area contributed by atoms with E-state index in [0.717, 1.165) is 27.6 Å². The van der Waals surface area contributed by atoms with Gasteiger partial charge in [0.25, 0.3) is 5.56 Å². The van der Waals surface area contributed by atoms with Crippen molar-refractivity contribution in [1.29, 1.82) is 0 Å². The van der Waals surface area contributed by atoms with Crippen molar-refractivity contribution in [2.45, 2.75) is 19.6 Å². The number of hydrogen-bond acceptors (Lipinski definition) is 6. The molecule has 3 aromatic heterocycles. The minimum atomic E-state index is -4.64. The molecule has 33 heavy (non-hydrogen) atoms. The SMILES string of the molecule is CC(=O)Nc1ccc(C(F)(F)F)cc1NC(=O)Cn1cnc2scc(-c3cccs3)c2c1=O. The molecule has 4 rings (SSSR count). The molecule has 3 heterocycles. The molecule has 12 heteroatoms. The fourth-order valence-electron chi connectivity index (χ4n) is 3.16. The average Bonchev–Trinajstić information content (AvgIpc) is 3.40. The molecule has 0 saturated heterocycles. The van der Waals surface area contributed by atoms with Crippen LogP contribution in [-0.2, 0) is 22.3 Å². The normalized spacial score (nSPS) is 11.5. The predicted octanol–water partition coefficient (Wildman–Crippen LogP) is 4.80. The van der Waals surface area contributed by atoms with E-state index in [4.69, 9.17) is 0 Å². The molecular weight excluding hydrogens is 477 g/mol. The van der Waals surface area contributed by atoms with Crippen molar-refractivity contribution in [2.75, 3.05) is 10.6 Å². The lowest BCUT2D eigenvalue weighted by Crippen LogP contribution is -2.28. The molecule has 0 radical (unpaired) electrons. The molecule has 0 bridgehead atoms. The topological polar surface area (TPSA) is 93.1 Å². The van der Waals surface area contributed by atoms with Gasteiger partial charge in [-0.25, -0.2) is 4.98 Å². The molecular formula is C21H15F3N4O3S2. The van der Waals surface area contributed by atoms with Crippen LogP contribution in [0.2, 0.25) is 0 Å². The van der Waals surface area contributed by atoms with Gasteiger partial charge in [-0.1, -0.05) is 6.07 Å². The summed E-state index contributed by atoms with van der Waals surface area (Å²) < 4.78 is 40.4. The minimum absolute atomic E-state index is 0.00240. The maximum atomic E-state index is 13.1. The molecule has 4 aromatic rings. The number of halogens is 3. The monoisotopic (exact) mass is 492 g/mol. The Balaban J connectivity index is 1.64. The van der Waals surface area contributed by atoms with E-state index in [1.54, 1.807) is 0 Å². The number of nitrogens with zero attached hydrogens (tertiary/aromatic N) is 2. The molecule has 0 unspecified atom stereocenters. The number of aromatic nitrogens is 2. The van der Waals surface area contributed by atoms with E-state index in [9.17, 15) is 27.6 Å². The number of thiophene rings is 2. The Hall–Kier alpha value is -3.51. The zero-order valence-corrected chi connectivity index (χ0v) is 18.5. The number of anilines is 2. The van der Waals surface area contributed by atoms with Gasteiger partial charge >= 0.3 is 6.18 Å². The lowest BCUT2D eigenvalue weighted by Gasteiger charge is -2.15. The summed E-state index contributed by atoms with van der Waals surface area (Å²) in [5, 5.41) is 8.79. The third-order valence-electron chi connectivity index (χ3n) is 4.59. The van der Waals surface area contributed by atoms with Crippen LogP contribution in [0.15, 0.2) is 52.2 Å². The van der Waals surface area contributed by atoms with E-state index < -0.39 is 35.7 Å². The lowest BCUT2D eigenvalue weighted by molar-refractivity contribution is -0.137. The maximum absolute atomic E-state index is 13.1. The van der Waals surface area contributed by atoms with Gasteiger partial charge in [-0.2, -0.15) is 13.2 Å². The third-order valence-corrected chi connectivity index (χ3v) is 6.38. The number of nitrogens with one attached hydrogen (secondary N) is 2. The second-order valence-corrected chi connectivity index (χ2v) is 8.78. The summed E-state index contributed by atoms with van der Waals surface area (Å²) in [7, 11) is 0. The molecule has 0 aliphatic carbocycles. The average molecular weight is 493 g/mol. The highest BCUT2D eigenvalue weighted by Crippen LogP contribution is 2.35. The van der Waals surface area contributed by atoms with Crippen LogP contribution < -0.4 is 16.2 Å². The number of amides is 2. The van der Waals surface area contributed by atoms with Crippen LogP contribution in [0.5, 0.6) is 0 Å². The summed E-state index contributed by atoms with van der Waals surface area (Å²) in [6.07, 6.45) is -3.42. The van der Waals surface area contributed by atoms with Crippen molar-refractivity contribution in [1.82, 2.24) is 9.55 Å². The molecule has 170 valence electrons. The molecule has 0 saturated carbocycles. The summed E-state index contributed by atoms with van der Waals surface area (Å²) in [4.78, 5) is 42.7. The Bertz CT molecular complexity index is 1410. The van der Waals surface area contributed by atoms with Crippen molar-refractivity contribution in [3.05, 3.63) is 63.3 Å². The first-order valence-electron chi connectivity index (χ1n) is 9.42. The molecule has 0 spiro atoms. The van der Waals surface area contributed by atoms with Crippen LogP contribution in [0.4, 0.5) is 24.5 Å². The number of fused-ring (bicyclic) bond motifs is 1. The summed E-state index contributed by atoms with van der Waals surface area (Å²) in [5.74, 6) is -1.27. The quantitative estimate of drug-likeness (QED) is 0.419. The van der Waals surface area contributed by atoms with E-state index in [0.29, 0.717) is 15.8 Å². The molecule has 0 aliphatic rings. The van der Waals surface area contributed by atoms with Crippen molar-refractivity contribution >= 4 is 56.1 Å². The van der Waals surface area contributed by atoms with Gasteiger partial charge in [-0.15, -0.1) is 22.7 Å². The van der Waals surface area contributed by atoms with Crippen molar-refractivity contribution < 1.29 is 22.8 Å². The van der Waals surface area contributed by atoms with E-state index in [1.165, 1.54) is 35.9 Å². The van der Waals surface area contributed by atoms with Gasteiger partial charge in [0.05, 0.1) is 28.7 Å². The first kappa shape index (κ1) is 22.7. The summed E-state index contributed by atoms with van der Waals surface area (Å²) in [6, 6.07) is 6.30. The van der Waals surface area contributed by atoms with Crippen LogP contribution in [0.3, 0.4) is 0 Å². The smallest absolute Gasteiger partial charge is 0.325 e. The molecule has 0 fully saturated rings. The Morgan fingerprint density at radius 3 is 2.58 bits per heavy atom. The molecule has 0 aliphatic heterocycles. The van der Waals surface area contributed by atoms with Crippen molar-refractivity contribution in [2.24, 2.45) is 0 Å². The highest BCUT2D eigenvalue weighted by Gasteiger charge is 2.31. The lowest BCUT2D eigenvalue weighted by atomic mass is 10.1. The molecule has 7 nitrogen and oxygen atoms in total. The highest BCUT2D eigenvalue weighted by atomic mass is 32.1. The molecule has 2 N–H and O–H groups in total. The van der Waals surface area contributed by atoms with Gasteiger partial charge in [-0.05, 0) is 29.6 Å².